The molecule has 0 aromatic heterocycles. The van der Waals surface area contributed by atoms with E-state index in [9.17, 15) is 4.79 Å². The zero-order chi connectivity index (χ0) is 20.1. The standard InChI is InChI=1S/C24H33NO4/c1-23-9-3-10-24(15-28-24)21(23)12-18-19(22(26)29-20(18)13-23)14-25-11-8-16-4-6-17(27-2)7-5-16/h4-7,18-21,25H,3,8-15H2,1-2H3/t18-,19-,20-,21+,23-,24+/m1/s1. The summed E-state index contributed by atoms with van der Waals surface area (Å²) in [5.41, 5.74) is 1.66. The van der Waals surface area contributed by atoms with E-state index in [1.54, 1.807) is 7.11 Å². The van der Waals surface area contributed by atoms with E-state index in [0.717, 1.165) is 38.2 Å². The highest BCUT2D eigenvalue weighted by atomic mass is 16.6. The van der Waals surface area contributed by atoms with E-state index in [0.29, 0.717) is 18.4 Å². The van der Waals surface area contributed by atoms with Crippen molar-refractivity contribution < 1.29 is 19.0 Å². The fourth-order valence-electron chi connectivity index (χ4n) is 6.47. The highest BCUT2D eigenvalue weighted by Gasteiger charge is 2.64. The molecule has 158 valence electrons. The Bertz CT molecular complexity index is 759. The van der Waals surface area contributed by atoms with Crippen molar-refractivity contribution in [3.8, 4) is 5.75 Å². The summed E-state index contributed by atoms with van der Waals surface area (Å²) in [6, 6.07) is 8.18. The van der Waals surface area contributed by atoms with Crippen molar-refractivity contribution in [3.05, 3.63) is 29.8 Å². The van der Waals surface area contributed by atoms with Gasteiger partial charge in [-0.25, -0.2) is 0 Å². The van der Waals surface area contributed by atoms with Gasteiger partial charge in [0.05, 0.1) is 25.2 Å². The van der Waals surface area contributed by atoms with Gasteiger partial charge in [-0.15, -0.1) is 0 Å². The molecular formula is C24H33NO4. The molecule has 5 nitrogen and oxygen atoms in total. The van der Waals surface area contributed by atoms with Gasteiger partial charge in [-0.3, -0.25) is 4.79 Å². The SMILES string of the molecule is COc1ccc(CCNC[C@H]2C(=O)O[C@@H]3C[C@@]4(C)CCC[C@]5(CO5)[C@H]4C[C@@H]32)cc1. The van der Waals surface area contributed by atoms with Crippen LogP contribution < -0.4 is 10.1 Å². The molecule has 1 N–H and O–H groups in total. The quantitative estimate of drug-likeness (QED) is 0.452. The number of hydrogen-bond donors (Lipinski definition) is 1. The van der Waals surface area contributed by atoms with Crippen LogP contribution in [0.25, 0.3) is 0 Å². The first-order valence-electron chi connectivity index (χ1n) is 11.2. The number of methoxy groups -OCH3 is 1. The molecule has 1 aromatic rings. The Labute approximate surface area is 173 Å². The molecule has 0 bridgehead atoms. The van der Waals surface area contributed by atoms with Crippen LogP contribution in [0, 0.1) is 23.2 Å². The van der Waals surface area contributed by atoms with E-state index in [1.165, 1.54) is 24.8 Å². The molecule has 6 atom stereocenters. The molecule has 5 rings (SSSR count). The van der Waals surface area contributed by atoms with Crippen LogP contribution in [0.5, 0.6) is 5.75 Å². The molecule has 29 heavy (non-hydrogen) atoms. The molecule has 4 fully saturated rings. The second-order valence-corrected chi connectivity index (χ2v) is 9.90. The number of benzene rings is 1. The molecule has 0 amide bonds. The zero-order valence-electron chi connectivity index (χ0n) is 17.6. The fraction of sp³-hybridized carbons (Fsp3) is 0.708. The Balaban J connectivity index is 1.18. The van der Waals surface area contributed by atoms with Crippen molar-refractivity contribution in [1.82, 2.24) is 5.32 Å². The van der Waals surface area contributed by atoms with Crippen LogP contribution in [-0.4, -0.2) is 44.5 Å². The van der Waals surface area contributed by atoms with Crippen molar-refractivity contribution in [1.29, 1.82) is 0 Å². The summed E-state index contributed by atoms with van der Waals surface area (Å²) in [7, 11) is 1.68. The minimum atomic E-state index is -0.0156. The normalized spacial score (nSPS) is 40.3. The van der Waals surface area contributed by atoms with E-state index in [2.05, 4.69) is 24.4 Å². The Morgan fingerprint density at radius 3 is 2.76 bits per heavy atom. The number of ether oxygens (including phenoxy) is 3. The first kappa shape index (κ1) is 19.4. The smallest absolute Gasteiger partial charge is 0.310 e. The highest BCUT2D eigenvalue weighted by Crippen LogP contribution is 2.62. The number of nitrogens with one attached hydrogen (secondary N) is 1. The number of carbonyl (C=O) groups excluding carboxylic acids is 1. The van der Waals surface area contributed by atoms with E-state index in [4.69, 9.17) is 14.2 Å². The van der Waals surface area contributed by atoms with Gasteiger partial charge in [0.15, 0.2) is 0 Å². The van der Waals surface area contributed by atoms with E-state index >= 15 is 0 Å². The molecule has 2 saturated heterocycles. The van der Waals surface area contributed by atoms with Gasteiger partial charge in [0.2, 0.25) is 0 Å². The van der Waals surface area contributed by atoms with Crippen LogP contribution in [0.15, 0.2) is 24.3 Å². The summed E-state index contributed by atoms with van der Waals surface area (Å²) >= 11 is 0. The van der Waals surface area contributed by atoms with Gasteiger partial charge in [-0.2, -0.15) is 0 Å². The third-order valence-electron chi connectivity index (χ3n) is 8.19. The lowest BCUT2D eigenvalue weighted by Crippen LogP contribution is -2.51. The molecule has 5 heteroatoms. The number of rotatable bonds is 6. The number of epoxide rings is 1. The van der Waals surface area contributed by atoms with Gasteiger partial charge < -0.3 is 19.5 Å². The van der Waals surface area contributed by atoms with Crippen LogP contribution >= 0.6 is 0 Å². The van der Waals surface area contributed by atoms with Crippen molar-refractivity contribution in [2.24, 2.45) is 23.2 Å². The van der Waals surface area contributed by atoms with E-state index in [-0.39, 0.29) is 29.0 Å². The van der Waals surface area contributed by atoms with Gasteiger partial charge >= 0.3 is 5.97 Å². The summed E-state index contributed by atoms with van der Waals surface area (Å²) in [6.45, 7) is 4.91. The Morgan fingerprint density at radius 1 is 1.24 bits per heavy atom. The Morgan fingerprint density at radius 2 is 2.03 bits per heavy atom. The summed E-state index contributed by atoms with van der Waals surface area (Å²) in [5.74, 6) is 1.79. The lowest BCUT2D eigenvalue weighted by atomic mass is 9.53. The van der Waals surface area contributed by atoms with Crippen LogP contribution in [0.4, 0.5) is 0 Å². The molecule has 2 saturated carbocycles. The summed E-state index contributed by atoms with van der Waals surface area (Å²) in [6.07, 6.45) is 6.83. The highest BCUT2D eigenvalue weighted by molar-refractivity contribution is 5.75. The van der Waals surface area contributed by atoms with Crippen LogP contribution in [0.2, 0.25) is 0 Å². The largest absolute Gasteiger partial charge is 0.497 e. The van der Waals surface area contributed by atoms with Crippen molar-refractivity contribution in [3.63, 3.8) is 0 Å². The Hall–Kier alpha value is -1.59. The van der Waals surface area contributed by atoms with Gasteiger partial charge in [0.25, 0.3) is 0 Å². The van der Waals surface area contributed by atoms with Gasteiger partial charge in [0, 0.05) is 12.5 Å². The average Bonchev–Trinajstić information content (AvgIpc) is 3.41. The minimum Gasteiger partial charge on any atom is -0.497 e. The molecule has 2 aliphatic carbocycles. The molecule has 2 aliphatic heterocycles. The Kier molecular flexibility index (Phi) is 4.86. The molecule has 2 heterocycles. The first-order valence-corrected chi connectivity index (χ1v) is 11.2. The maximum Gasteiger partial charge on any atom is 0.310 e. The number of carbonyl (C=O) groups is 1. The van der Waals surface area contributed by atoms with Crippen LogP contribution in [0.1, 0.15) is 44.6 Å². The summed E-state index contributed by atoms with van der Waals surface area (Å²) in [4.78, 5) is 12.7. The third kappa shape index (κ3) is 3.46. The minimum absolute atomic E-state index is 0.00459. The van der Waals surface area contributed by atoms with Gasteiger partial charge in [-0.1, -0.05) is 19.1 Å². The first-order chi connectivity index (χ1) is 14.0. The van der Waals surface area contributed by atoms with Crippen LogP contribution in [0.3, 0.4) is 0 Å². The van der Waals surface area contributed by atoms with Gasteiger partial charge in [-0.05, 0) is 74.1 Å². The molecule has 1 spiro atoms. The topological polar surface area (TPSA) is 60.1 Å². The molecular weight excluding hydrogens is 366 g/mol. The average molecular weight is 400 g/mol. The predicted molar refractivity (Wildman–Crippen MR) is 110 cm³/mol. The van der Waals surface area contributed by atoms with Crippen LogP contribution in [-0.2, 0) is 20.7 Å². The number of esters is 1. The van der Waals surface area contributed by atoms with Crippen molar-refractivity contribution in [2.75, 3.05) is 26.8 Å². The fourth-order valence-corrected chi connectivity index (χ4v) is 6.47. The second kappa shape index (κ2) is 7.28. The van der Waals surface area contributed by atoms with E-state index < -0.39 is 0 Å². The maximum atomic E-state index is 12.7. The van der Waals surface area contributed by atoms with Crippen molar-refractivity contribution >= 4 is 5.97 Å². The maximum absolute atomic E-state index is 12.7. The zero-order valence-corrected chi connectivity index (χ0v) is 17.6. The second-order valence-electron chi connectivity index (χ2n) is 9.90. The number of fused-ring (bicyclic) bond motifs is 3. The van der Waals surface area contributed by atoms with Crippen molar-refractivity contribution in [2.45, 2.75) is 57.2 Å². The number of hydrogen-bond acceptors (Lipinski definition) is 5. The lowest BCUT2D eigenvalue weighted by Gasteiger charge is -2.51. The molecule has 4 aliphatic rings. The molecule has 1 aromatic carbocycles. The summed E-state index contributed by atoms with van der Waals surface area (Å²) in [5, 5.41) is 3.52. The third-order valence-corrected chi connectivity index (χ3v) is 8.19. The monoisotopic (exact) mass is 399 g/mol. The molecule has 0 unspecified atom stereocenters. The predicted octanol–water partition coefficient (Wildman–Crippen LogP) is 3.35. The molecule has 0 radical (unpaired) electrons. The van der Waals surface area contributed by atoms with E-state index in [1.807, 2.05) is 12.1 Å². The van der Waals surface area contributed by atoms with Gasteiger partial charge in [0.1, 0.15) is 11.9 Å². The lowest BCUT2D eigenvalue weighted by molar-refractivity contribution is -0.147. The summed E-state index contributed by atoms with van der Waals surface area (Å²) < 4.78 is 17.1.